The first-order valence-corrected chi connectivity index (χ1v) is 8.94. The van der Waals surface area contributed by atoms with Crippen LogP contribution in [-0.4, -0.2) is 52.8 Å². The third kappa shape index (κ3) is 4.38. The number of nitrogens with zero attached hydrogens (tertiary/aromatic N) is 4. The molecule has 1 atom stereocenters. The number of aromatic nitrogens is 3. The minimum atomic E-state index is 0.418. The fourth-order valence-electron chi connectivity index (χ4n) is 3.15. The minimum Gasteiger partial charge on any atom is -0.496 e. The van der Waals surface area contributed by atoms with Gasteiger partial charge in [0.1, 0.15) is 5.75 Å². The Balaban J connectivity index is 1.71. The van der Waals surface area contributed by atoms with E-state index < -0.39 is 0 Å². The molecule has 1 aromatic carbocycles. The maximum absolute atomic E-state index is 5.51. The summed E-state index contributed by atoms with van der Waals surface area (Å²) < 4.78 is 12.9. The highest BCUT2D eigenvalue weighted by Crippen LogP contribution is 2.25. The molecule has 2 aromatic rings. The maximum Gasteiger partial charge on any atom is 0.123 e. The van der Waals surface area contributed by atoms with E-state index in [1.807, 2.05) is 16.9 Å². The quantitative estimate of drug-likeness (QED) is 0.806. The molecule has 1 aliphatic rings. The van der Waals surface area contributed by atoms with Gasteiger partial charge in [-0.15, -0.1) is 5.10 Å². The van der Waals surface area contributed by atoms with Gasteiger partial charge in [-0.05, 0) is 30.5 Å². The first-order chi connectivity index (χ1) is 12.1. The summed E-state index contributed by atoms with van der Waals surface area (Å²) in [5.41, 5.74) is 3.43. The van der Waals surface area contributed by atoms with Crippen LogP contribution in [0.2, 0.25) is 0 Å². The van der Waals surface area contributed by atoms with Gasteiger partial charge in [0.15, 0.2) is 0 Å². The lowest BCUT2D eigenvalue weighted by atomic mass is 10.0. The number of benzene rings is 1. The topological polar surface area (TPSA) is 52.4 Å². The van der Waals surface area contributed by atoms with Gasteiger partial charge in [0.2, 0.25) is 0 Å². The van der Waals surface area contributed by atoms with Crippen molar-refractivity contribution in [3.8, 4) is 5.75 Å². The van der Waals surface area contributed by atoms with Crippen LogP contribution in [0.1, 0.15) is 43.5 Å². The molecule has 1 fully saturated rings. The Morgan fingerprint density at radius 3 is 2.88 bits per heavy atom. The Morgan fingerprint density at radius 1 is 1.32 bits per heavy atom. The van der Waals surface area contributed by atoms with Gasteiger partial charge in [-0.2, -0.15) is 0 Å². The van der Waals surface area contributed by atoms with Crippen LogP contribution in [-0.2, 0) is 17.8 Å². The monoisotopic (exact) mass is 344 g/mol. The summed E-state index contributed by atoms with van der Waals surface area (Å²) in [7, 11) is 1.71. The van der Waals surface area contributed by atoms with Crippen LogP contribution in [0.4, 0.5) is 0 Å². The van der Waals surface area contributed by atoms with Crippen molar-refractivity contribution in [2.75, 3.05) is 26.9 Å². The molecule has 0 radical (unpaired) electrons. The van der Waals surface area contributed by atoms with Crippen molar-refractivity contribution in [3.63, 3.8) is 0 Å². The molecule has 25 heavy (non-hydrogen) atoms. The van der Waals surface area contributed by atoms with Crippen molar-refractivity contribution in [2.24, 2.45) is 0 Å². The van der Waals surface area contributed by atoms with Gasteiger partial charge in [0.25, 0.3) is 0 Å². The summed E-state index contributed by atoms with van der Waals surface area (Å²) in [5.74, 6) is 1.38. The molecule has 0 spiro atoms. The van der Waals surface area contributed by atoms with Crippen molar-refractivity contribution < 1.29 is 9.47 Å². The molecule has 0 amide bonds. The smallest absolute Gasteiger partial charge is 0.123 e. The molecular weight excluding hydrogens is 316 g/mol. The van der Waals surface area contributed by atoms with Crippen molar-refractivity contribution in [1.29, 1.82) is 0 Å². The van der Waals surface area contributed by atoms with Gasteiger partial charge >= 0.3 is 0 Å². The van der Waals surface area contributed by atoms with Crippen LogP contribution in [0.3, 0.4) is 0 Å². The Kier molecular flexibility index (Phi) is 5.71. The third-order valence-corrected chi connectivity index (χ3v) is 4.76. The molecule has 0 N–H and O–H groups in total. The van der Waals surface area contributed by atoms with E-state index in [0.717, 1.165) is 43.3 Å². The van der Waals surface area contributed by atoms with E-state index in [9.17, 15) is 0 Å². The molecule has 6 nitrogen and oxygen atoms in total. The van der Waals surface area contributed by atoms with E-state index in [1.165, 1.54) is 5.56 Å². The fourth-order valence-corrected chi connectivity index (χ4v) is 3.15. The van der Waals surface area contributed by atoms with Crippen LogP contribution in [0, 0.1) is 0 Å². The first-order valence-electron chi connectivity index (χ1n) is 8.94. The highest BCUT2D eigenvalue weighted by molar-refractivity contribution is 5.38. The number of rotatable bonds is 6. The lowest BCUT2D eigenvalue weighted by Crippen LogP contribution is -2.42. The Morgan fingerprint density at radius 2 is 2.16 bits per heavy atom. The number of methoxy groups -OCH3 is 1. The van der Waals surface area contributed by atoms with Gasteiger partial charge < -0.3 is 9.47 Å². The van der Waals surface area contributed by atoms with E-state index in [4.69, 9.17) is 9.47 Å². The summed E-state index contributed by atoms with van der Waals surface area (Å²) in [4.78, 5) is 2.39. The third-order valence-electron chi connectivity index (χ3n) is 4.76. The molecule has 1 aliphatic heterocycles. The van der Waals surface area contributed by atoms with Gasteiger partial charge in [0.05, 0.1) is 38.8 Å². The fraction of sp³-hybridized carbons (Fsp3) is 0.579. The number of ether oxygens (including phenoxy) is 2. The molecule has 1 saturated heterocycles. The normalized spacial score (nSPS) is 18.7. The lowest BCUT2D eigenvalue weighted by Gasteiger charge is -2.32. The zero-order valence-electron chi connectivity index (χ0n) is 15.6. The average Bonchev–Trinajstić information content (AvgIpc) is 3.04. The standard InChI is InChI=1S/C19H28N4O2/c1-14(2)16-5-6-19(24-4)17(9-16)10-23-12-18(20-21-23)11-22-7-8-25-13-15(22)3/h5-6,9,12,14-15H,7-8,10-11,13H2,1-4H3/t15-/m1/s1. The first kappa shape index (κ1) is 17.9. The molecular formula is C19H28N4O2. The second-order valence-electron chi connectivity index (χ2n) is 7.03. The van der Waals surface area contributed by atoms with E-state index in [0.29, 0.717) is 18.5 Å². The SMILES string of the molecule is COc1ccc(C(C)C)cc1Cn1cc(CN2CCOC[C@H]2C)nn1. The average molecular weight is 344 g/mol. The molecule has 0 unspecified atom stereocenters. The van der Waals surface area contributed by atoms with Gasteiger partial charge in [-0.1, -0.05) is 25.1 Å². The Hall–Kier alpha value is -1.92. The lowest BCUT2D eigenvalue weighted by molar-refractivity contribution is -0.00492. The maximum atomic E-state index is 5.51. The summed E-state index contributed by atoms with van der Waals surface area (Å²) in [6.45, 7) is 10.6. The molecule has 3 rings (SSSR count). The Bertz CT molecular complexity index is 698. The van der Waals surface area contributed by atoms with E-state index in [2.05, 4.69) is 48.1 Å². The van der Waals surface area contributed by atoms with Crippen molar-refractivity contribution in [2.45, 2.75) is 45.8 Å². The predicted octanol–water partition coefficient (Wildman–Crippen LogP) is 2.68. The van der Waals surface area contributed by atoms with Crippen LogP contribution in [0.5, 0.6) is 5.75 Å². The summed E-state index contributed by atoms with van der Waals surface area (Å²) in [6, 6.07) is 6.79. The molecule has 136 valence electrons. The van der Waals surface area contributed by atoms with Crippen molar-refractivity contribution in [3.05, 3.63) is 41.2 Å². The van der Waals surface area contributed by atoms with Gasteiger partial charge in [-0.3, -0.25) is 4.90 Å². The molecule has 0 saturated carbocycles. The molecule has 2 heterocycles. The van der Waals surface area contributed by atoms with Crippen LogP contribution in [0.15, 0.2) is 24.4 Å². The van der Waals surface area contributed by atoms with Crippen molar-refractivity contribution >= 4 is 0 Å². The van der Waals surface area contributed by atoms with Crippen molar-refractivity contribution in [1.82, 2.24) is 19.9 Å². The van der Waals surface area contributed by atoms with E-state index >= 15 is 0 Å². The molecule has 0 bridgehead atoms. The number of morpholine rings is 1. The van der Waals surface area contributed by atoms with Crippen LogP contribution >= 0.6 is 0 Å². The largest absolute Gasteiger partial charge is 0.496 e. The highest BCUT2D eigenvalue weighted by Gasteiger charge is 2.20. The molecule has 0 aliphatic carbocycles. The van der Waals surface area contributed by atoms with Gasteiger partial charge in [0, 0.05) is 24.7 Å². The zero-order valence-corrected chi connectivity index (χ0v) is 15.6. The molecule has 6 heteroatoms. The number of hydrogen-bond donors (Lipinski definition) is 0. The minimum absolute atomic E-state index is 0.418. The van der Waals surface area contributed by atoms with Gasteiger partial charge in [-0.25, -0.2) is 4.68 Å². The number of hydrogen-bond acceptors (Lipinski definition) is 5. The van der Waals surface area contributed by atoms with Crippen LogP contribution < -0.4 is 4.74 Å². The predicted molar refractivity (Wildman–Crippen MR) is 96.9 cm³/mol. The summed E-state index contributed by atoms with van der Waals surface area (Å²) in [6.07, 6.45) is 2.03. The second-order valence-corrected chi connectivity index (χ2v) is 7.03. The van der Waals surface area contributed by atoms with E-state index in [1.54, 1.807) is 7.11 Å². The molecule has 1 aromatic heterocycles. The van der Waals surface area contributed by atoms with Crippen LogP contribution in [0.25, 0.3) is 0 Å². The second kappa shape index (κ2) is 7.97. The zero-order chi connectivity index (χ0) is 17.8. The highest BCUT2D eigenvalue weighted by atomic mass is 16.5. The summed E-state index contributed by atoms with van der Waals surface area (Å²) >= 11 is 0. The van der Waals surface area contributed by atoms with E-state index in [-0.39, 0.29) is 0 Å². The summed E-state index contributed by atoms with van der Waals surface area (Å²) in [5, 5.41) is 8.65. The Labute approximate surface area is 149 Å².